The van der Waals surface area contributed by atoms with Crippen LogP contribution < -0.4 is 4.74 Å². The molecular weight excluding hydrogens is 256 g/mol. The van der Waals surface area contributed by atoms with Crippen molar-refractivity contribution in [3.63, 3.8) is 0 Å². The van der Waals surface area contributed by atoms with Gasteiger partial charge < -0.3 is 4.74 Å². The monoisotopic (exact) mass is 266 g/mol. The summed E-state index contributed by atoms with van der Waals surface area (Å²) in [6, 6.07) is 7.91. The van der Waals surface area contributed by atoms with Gasteiger partial charge in [-0.15, -0.1) is 5.10 Å². The van der Waals surface area contributed by atoms with E-state index in [-0.39, 0.29) is 0 Å². The number of halogens is 1. The highest BCUT2D eigenvalue weighted by Gasteiger charge is 2.03. The highest BCUT2D eigenvalue weighted by molar-refractivity contribution is 9.10. The zero-order valence-electron chi connectivity index (χ0n) is 8.57. The number of ether oxygens (including phenoxy) is 1. The molecule has 1 aromatic heterocycles. The fourth-order valence-electron chi connectivity index (χ4n) is 1.43. The van der Waals surface area contributed by atoms with Crippen LogP contribution in [0, 0.1) is 6.92 Å². The molecule has 4 heteroatoms. The molecule has 0 saturated heterocycles. The van der Waals surface area contributed by atoms with E-state index >= 15 is 0 Å². The summed E-state index contributed by atoms with van der Waals surface area (Å²) >= 11 is 3.43. The minimum atomic E-state index is 0.623. The third kappa shape index (κ3) is 2.04. The van der Waals surface area contributed by atoms with Crippen molar-refractivity contribution < 1.29 is 4.74 Å². The van der Waals surface area contributed by atoms with Gasteiger partial charge in [0.05, 0.1) is 12.8 Å². The Kier molecular flexibility index (Phi) is 2.77. The molecule has 1 heterocycles. The van der Waals surface area contributed by atoms with Crippen molar-refractivity contribution in [1.29, 1.82) is 0 Å². The molecular formula is C11H11BrN2O. The fourth-order valence-corrected chi connectivity index (χ4v) is 1.90. The van der Waals surface area contributed by atoms with Crippen LogP contribution >= 0.6 is 15.9 Å². The van der Waals surface area contributed by atoms with Crippen molar-refractivity contribution in [1.82, 2.24) is 9.78 Å². The van der Waals surface area contributed by atoms with Crippen LogP contribution in [0.3, 0.4) is 0 Å². The molecule has 0 aliphatic rings. The highest BCUT2D eigenvalue weighted by atomic mass is 79.9. The number of aromatic nitrogens is 2. The second-order valence-electron chi connectivity index (χ2n) is 3.23. The molecule has 3 nitrogen and oxygen atoms in total. The van der Waals surface area contributed by atoms with Gasteiger partial charge in [0.2, 0.25) is 5.88 Å². The van der Waals surface area contributed by atoms with Gasteiger partial charge in [0, 0.05) is 16.7 Å². The van der Waals surface area contributed by atoms with Crippen LogP contribution in [0.25, 0.3) is 5.69 Å². The standard InChI is InChI=1S/C11H11BrN2O/c1-8-7-9(12)3-4-10(8)14-6-5-11(13-14)15-2/h3-7H,1-2H3. The van der Waals surface area contributed by atoms with Gasteiger partial charge >= 0.3 is 0 Å². The lowest BCUT2D eigenvalue weighted by Crippen LogP contribution is -1.97. The van der Waals surface area contributed by atoms with Crippen LogP contribution in [0.15, 0.2) is 34.9 Å². The predicted molar refractivity (Wildman–Crippen MR) is 62.6 cm³/mol. The lowest BCUT2D eigenvalue weighted by Gasteiger charge is -2.05. The molecule has 2 rings (SSSR count). The number of rotatable bonds is 2. The maximum absolute atomic E-state index is 5.04. The number of nitrogens with zero attached hydrogens (tertiary/aromatic N) is 2. The number of methoxy groups -OCH3 is 1. The normalized spacial score (nSPS) is 10.3. The summed E-state index contributed by atoms with van der Waals surface area (Å²) in [5, 5.41) is 4.27. The topological polar surface area (TPSA) is 27.1 Å². The average molecular weight is 267 g/mol. The zero-order chi connectivity index (χ0) is 10.8. The number of benzene rings is 1. The van der Waals surface area contributed by atoms with Crippen molar-refractivity contribution in [2.45, 2.75) is 6.92 Å². The number of hydrogen-bond donors (Lipinski definition) is 0. The van der Waals surface area contributed by atoms with E-state index in [9.17, 15) is 0 Å². The van der Waals surface area contributed by atoms with Crippen molar-refractivity contribution in [3.05, 3.63) is 40.5 Å². The molecule has 0 saturated carbocycles. The predicted octanol–water partition coefficient (Wildman–Crippen LogP) is 2.95. The van der Waals surface area contributed by atoms with Crippen molar-refractivity contribution in [3.8, 4) is 11.6 Å². The van der Waals surface area contributed by atoms with Gasteiger partial charge in [-0.25, -0.2) is 4.68 Å². The first-order valence-electron chi connectivity index (χ1n) is 4.57. The Balaban J connectivity index is 2.44. The van der Waals surface area contributed by atoms with E-state index in [4.69, 9.17) is 4.74 Å². The van der Waals surface area contributed by atoms with Crippen LogP contribution in [-0.4, -0.2) is 16.9 Å². The van der Waals surface area contributed by atoms with Crippen LogP contribution in [0.2, 0.25) is 0 Å². The second kappa shape index (κ2) is 4.06. The molecule has 0 bridgehead atoms. The second-order valence-corrected chi connectivity index (χ2v) is 4.15. The SMILES string of the molecule is COc1ccn(-c2ccc(Br)cc2C)n1. The van der Waals surface area contributed by atoms with E-state index in [2.05, 4.69) is 27.1 Å². The Bertz CT molecular complexity index is 479. The molecule has 0 atom stereocenters. The van der Waals surface area contributed by atoms with Crippen LogP contribution in [0.4, 0.5) is 0 Å². The summed E-state index contributed by atoms with van der Waals surface area (Å²) < 4.78 is 7.92. The van der Waals surface area contributed by atoms with Crippen molar-refractivity contribution in [2.24, 2.45) is 0 Å². The maximum atomic E-state index is 5.04. The minimum absolute atomic E-state index is 0.623. The van der Waals surface area contributed by atoms with Crippen molar-refractivity contribution >= 4 is 15.9 Å². The van der Waals surface area contributed by atoms with Gasteiger partial charge in [0.25, 0.3) is 0 Å². The van der Waals surface area contributed by atoms with E-state index < -0.39 is 0 Å². The molecule has 0 N–H and O–H groups in total. The Morgan fingerprint density at radius 3 is 2.73 bits per heavy atom. The summed E-state index contributed by atoms with van der Waals surface area (Å²) in [6.07, 6.45) is 1.88. The van der Waals surface area contributed by atoms with Gasteiger partial charge in [-0.2, -0.15) is 0 Å². The lowest BCUT2D eigenvalue weighted by atomic mass is 10.2. The van der Waals surface area contributed by atoms with Gasteiger partial charge in [-0.3, -0.25) is 0 Å². The first-order valence-corrected chi connectivity index (χ1v) is 5.36. The first-order chi connectivity index (χ1) is 7.20. The van der Waals surface area contributed by atoms with Gasteiger partial charge in [-0.1, -0.05) is 15.9 Å². The van der Waals surface area contributed by atoms with Crippen LogP contribution in [0.1, 0.15) is 5.56 Å². The fraction of sp³-hybridized carbons (Fsp3) is 0.182. The lowest BCUT2D eigenvalue weighted by molar-refractivity contribution is 0.394. The van der Waals surface area contributed by atoms with Gasteiger partial charge in [-0.05, 0) is 30.7 Å². The zero-order valence-corrected chi connectivity index (χ0v) is 10.2. The summed E-state index contributed by atoms with van der Waals surface area (Å²) in [5.74, 6) is 0.623. The molecule has 0 unspecified atom stereocenters. The van der Waals surface area contributed by atoms with E-state index in [1.165, 1.54) is 0 Å². The van der Waals surface area contributed by atoms with Crippen molar-refractivity contribution in [2.75, 3.05) is 7.11 Å². The summed E-state index contributed by atoms with van der Waals surface area (Å²) in [5.41, 5.74) is 2.22. The number of hydrogen-bond acceptors (Lipinski definition) is 2. The minimum Gasteiger partial charge on any atom is -0.480 e. The van der Waals surface area contributed by atoms with Crippen LogP contribution in [0.5, 0.6) is 5.88 Å². The molecule has 0 amide bonds. The molecule has 2 aromatic rings. The third-order valence-electron chi connectivity index (χ3n) is 2.18. The maximum Gasteiger partial charge on any atom is 0.232 e. The van der Waals surface area contributed by atoms with E-state index in [0.29, 0.717) is 5.88 Å². The number of aryl methyl sites for hydroxylation is 1. The molecule has 0 fully saturated rings. The molecule has 0 aliphatic heterocycles. The largest absolute Gasteiger partial charge is 0.480 e. The smallest absolute Gasteiger partial charge is 0.232 e. The van der Waals surface area contributed by atoms with E-state index in [1.807, 2.05) is 31.3 Å². The quantitative estimate of drug-likeness (QED) is 0.836. The van der Waals surface area contributed by atoms with E-state index in [0.717, 1.165) is 15.7 Å². The average Bonchev–Trinajstić information content (AvgIpc) is 2.66. The van der Waals surface area contributed by atoms with Gasteiger partial charge in [0.1, 0.15) is 0 Å². The van der Waals surface area contributed by atoms with E-state index in [1.54, 1.807) is 11.8 Å². The first kappa shape index (κ1) is 10.2. The Morgan fingerprint density at radius 2 is 2.13 bits per heavy atom. The van der Waals surface area contributed by atoms with Gasteiger partial charge in [0.15, 0.2) is 0 Å². The Labute approximate surface area is 96.8 Å². The Morgan fingerprint density at radius 1 is 1.33 bits per heavy atom. The summed E-state index contributed by atoms with van der Waals surface area (Å²) in [6.45, 7) is 2.05. The molecule has 0 spiro atoms. The molecule has 0 radical (unpaired) electrons. The van der Waals surface area contributed by atoms with Crippen LogP contribution in [-0.2, 0) is 0 Å². The molecule has 0 aliphatic carbocycles. The summed E-state index contributed by atoms with van der Waals surface area (Å²) in [7, 11) is 1.61. The third-order valence-corrected chi connectivity index (χ3v) is 2.67. The Hall–Kier alpha value is -1.29. The highest BCUT2D eigenvalue weighted by Crippen LogP contribution is 2.19. The molecule has 78 valence electrons. The molecule has 1 aromatic carbocycles. The summed E-state index contributed by atoms with van der Waals surface area (Å²) in [4.78, 5) is 0. The molecule has 15 heavy (non-hydrogen) atoms.